The number of halogens is 2. The lowest BCUT2D eigenvalue weighted by Gasteiger charge is -2.20. The minimum absolute atomic E-state index is 0.0439. The monoisotopic (exact) mass is 272 g/mol. The lowest BCUT2D eigenvalue weighted by atomic mass is 10.0. The van der Waals surface area contributed by atoms with Crippen molar-refractivity contribution in [3.8, 4) is 5.75 Å². The summed E-state index contributed by atoms with van der Waals surface area (Å²) in [4.78, 5) is 11.5. The van der Waals surface area contributed by atoms with Crippen LogP contribution in [0.2, 0.25) is 0 Å². The van der Waals surface area contributed by atoms with Crippen molar-refractivity contribution in [2.45, 2.75) is 26.5 Å². The highest BCUT2D eigenvalue weighted by molar-refractivity contribution is 5.82. The molecule has 6 heteroatoms. The third-order valence-corrected chi connectivity index (χ3v) is 2.46. The van der Waals surface area contributed by atoms with Crippen LogP contribution in [0.25, 0.3) is 0 Å². The van der Waals surface area contributed by atoms with Crippen molar-refractivity contribution in [3.63, 3.8) is 0 Å². The molecule has 0 aliphatic heterocycles. The van der Waals surface area contributed by atoms with E-state index in [2.05, 4.69) is 10.1 Å². The first-order chi connectivity index (χ1) is 8.91. The second-order valence-electron chi connectivity index (χ2n) is 4.55. The Labute approximate surface area is 110 Å². The summed E-state index contributed by atoms with van der Waals surface area (Å²) in [5, 5.41) is 2.95. The molecule has 0 bridgehead atoms. The van der Waals surface area contributed by atoms with Gasteiger partial charge in [-0.1, -0.05) is 32.0 Å². The van der Waals surface area contributed by atoms with Crippen molar-refractivity contribution >= 4 is 5.91 Å². The minimum Gasteiger partial charge on any atom is -0.434 e. The number of nitrogens with two attached hydrogens (primary N) is 1. The van der Waals surface area contributed by atoms with Crippen LogP contribution >= 0.6 is 0 Å². The molecule has 0 spiro atoms. The number of nitrogens with one attached hydrogen (secondary N) is 1. The average Bonchev–Trinajstić information content (AvgIpc) is 2.29. The lowest BCUT2D eigenvalue weighted by Crippen LogP contribution is -2.36. The summed E-state index contributed by atoms with van der Waals surface area (Å²) < 4.78 is 29.0. The zero-order chi connectivity index (χ0) is 14.4. The highest BCUT2D eigenvalue weighted by Gasteiger charge is 2.22. The quantitative estimate of drug-likeness (QED) is 0.798. The number of rotatable bonds is 7. The van der Waals surface area contributed by atoms with Gasteiger partial charge in [-0.3, -0.25) is 4.79 Å². The summed E-state index contributed by atoms with van der Waals surface area (Å²) in [6, 6.07) is 5.27. The van der Waals surface area contributed by atoms with Crippen LogP contribution in [-0.2, 0) is 4.79 Å². The maximum Gasteiger partial charge on any atom is 0.387 e. The van der Waals surface area contributed by atoms with Crippen LogP contribution in [0.5, 0.6) is 5.75 Å². The third-order valence-electron chi connectivity index (χ3n) is 2.46. The van der Waals surface area contributed by atoms with Crippen molar-refractivity contribution in [1.29, 1.82) is 0 Å². The molecule has 4 nitrogen and oxygen atoms in total. The molecule has 106 valence electrons. The number of hydrogen-bond acceptors (Lipinski definition) is 3. The number of alkyl halides is 2. The molecular formula is C13H18F2N2O2. The molecule has 0 aromatic heterocycles. The van der Waals surface area contributed by atoms with Gasteiger partial charge in [-0.2, -0.15) is 8.78 Å². The molecule has 0 fully saturated rings. The molecule has 0 heterocycles. The van der Waals surface area contributed by atoms with Gasteiger partial charge >= 0.3 is 6.61 Å². The number of hydrogen-bond donors (Lipinski definition) is 2. The predicted octanol–water partition coefficient (Wildman–Crippen LogP) is 2.06. The van der Waals surface area contributed by atoms with Crippen LogP contribution in [0, 0.1) is 5.92 Å². The van der Waals surface area contributed by atoms with Crippen LogP contribution in [0.3, 0.4) is 0 Å². The van der Waals surface area contributed by atoms with Gasteiger partial charge in [-0.05, 0) is 18.5 Å². The highest BCUT2D eigenvalue weighted by atomic mass is 19.3. The summed E-state index contributed by atoms with van der Waals surface area (Å²) in [6.45, 7) is 1.52. The fourth-order valence-corrected chi connectivity index (χ4v) is 1.64. The molecule has 3 N–H and O–H groups in total. The van der Waals surface area contributed by atoms with Crippen molar-refractivity contribution < 1.29 is 18.3 Å². The molecule has 0 saturated carbocycles. The summed E-state index contributed by atoms with van der Waals surface area (Å²) in [5.74, 6) is -0.381. The number of amides is 1. The number of para-hydroxylation sites is 1. The van der Waals surface area contributed by atoms with Crippen molar-refractivity contribution in [1.82, 2.24) is 5.32 Å². The van der Waals surface area contributed by atoms with E-state index in [4.69, 9.17) is 5.73 Å². The van der Waals surface area contributed by atoms with Crippen LogP contribution in [0.15, 0.2) is 24.3 Å². The zero-order valence-electron chi connectivity index (χ0n) is 10.9. The van der Waals surface area contributed by atoms with Crippen molar-refractivity contribution in [2.75, 3.05) is 6.54 Å². The molecule has 1 rings (SSSR count). The maximum atomic E-state index is 12.3. The van der Waals surface area contributed by atoms with E-state index in [1.807, 2.05) is 13.8 Å². The van der Waals surface area contributed by atoms with E-state index < -0.39 is 18.6 Å². The Morgan fingerprint density at radius 2 is 2.00 bits per heavy atom. The highest BCUT2D eigenvalue weighted by Crippen LogP contribution is 2.26. The Balaban J connectivity index is 2.98. The Hall–Kier alpha value is -1.69. The third kappa shape index (κ3) is 4.82. The van der Waals surface area contributed by atoms with Crippen LogP contribution < -0.4 is 15.8 Å². The summed E-state index contributed by atoms with van der Waals surface area (Å²) in [5.41, 5.74) is 5.63. The first-order valence-corrected chi connectivity index (χ1v) is 5.98. The smallest absolute Gasteiger partial charge is 0.387 e. The second-order valence-corrected chi connectivity index (χ2v) is 4.55. The Kier molecular flexibility index (Phi) is 5.69. The first-order valence-electron chi connectivity index (χ1n) is 5.98. The minimum atomic E-state index is -2.94. The summed E-state index contributed by atoms with van der Waals surface area (Å²) in [6.07, 6.45) is 0. The number of ether oxygens (including phenoxy) is 1. The lowest BCUT2D eigenvalue weighted by molar-refractivity contribution is -0.120. The number of carbonyl (C=O) groups excluding carboxylic acids is 1. The Bertz CT molecular complexity index is 425. The molecule has 1 atom stereocenters. The summed E-state index contributed by atoms with van der Waals surface area (Å²) >= 11 is 0. The van der Waals surface area contributed by atoms with E-state index in [1.165, 1.54) is 6.07 Å². The van der Waals surface area contributed by atoms with Crippen LogP contribution in [-0.4, -0.2) is 19.1 Å². The topological polar surface area (TPSA) is 64.3 Å². The normalized spacial score (nSPS) is 12.7. The number of primary amides is 1. The van der Waals surface area contributed by atoms with E-state index in [1.54, 1.807) is 18.2 Å². The van der Waals surface area contributed by atoms with E-state index >= 15 is 0 Å². The van der Waals surface area contributed by atoms with E-state index in [0.717, 1.165) is 0 Å². The first kappa shape index (κ1) is 15.4. The zero-order valence-corrected chi connectivity index (χ0v) is 10.9. The Morgan fingerprint density at radius 3 is 2.53 bits per heavy atom. The largest absolute Gasteiger partial charge is 0.434 e. The number of carbonyl (C=O) groups is 1. The molecule has 0 saturated heterocycles. The van der Waals surface area contributed by atoms with Gasteiger partial charge in [-0.15, -0.1) is 0 Å². The molecular weight excluding hydrogens is 254 g/mol. The molecule has 0 aliphatic rings. The molecule has 1 aromatic carbocycles. The van der Waals surface area contributed by atoms with Gasteiger partial charge in [-0.25, -0.2) is 0 Å². The molecule has 19 heavy (non-hydrogen) atoms. The van der Waals surface area contributed by atoms with Crippen LogP contribution in [0.1, 0.15) is 25.5 Å². The second kappa shape index (κ2) is 7.04. The van der Waals surface area contributed by atoms with Gasteiger partial charge in [0.1, 0.15) is 11.8 Å². The van der Waals surface area contributed by atoms with E-state index in [0.29, 0.717) is 18.0 Å². The maximum absolute atomic E-state index is 12.3. The van der Waals surface area contributed by atoms with Gasteiger partial charge < -0.3 is 15.8 Å². The fraction of sp³-hybridized carbons (Fsp3) is 0.462. The average molecular weight is 272 g/mol. The van der Waals surface area contributed by atoms with Crippen LogP contribution in [0.4, 0.5) is 8.78 Å². The molecule has 0 radical (unpaired) electrons. The standard InChI is InChI=1S/C13H18F2N2O2/c1-8(2)7-17-11(12(16)18)9-5-3-4-6-10(9)19-13(14)15/h3-6,8,11,13,17H,7H2,1-2H3,(H2,16,18). The van der Waals surface area contributed by atoms with E-state index in [9.17, 15) is 13.6 Å². The fourth-order valence-electron chi connectivity index (χ4n) is 1.64. The molecule has 0 aliphatic carbocycles. The molecule has 1 unspecified atom stereocenters. The van der Waals surface area contributed by atoms with Gasteiger partial charge in [0.2, 0.25) is 5.91 Å². The van der Waals surface area contributed by atoms with Gasteiger partial charge in [0.05, 0.1) is 0 Å². The molecule has 1 aromatic rings. The molecule has 1 amide bonds. The number of benzene rings is 1. The van der Waals surface area contributed by atoms with Gasteiger partial charge in [0.25, 0.3) is 0 Å². The SMILES string of the molecule is CC(C)CNC(C(N)=O)c1ccccc1OC(F)F. The Morgan fingerprint density at radius 1 is 1.37 bits per heavy atom. The summed E-state index contributed by atoms with van der Waals surface area (Å²) in [7, 11) is 0. The van der Waals surface area contributed by atoms with E-state index in [-0.39, 0.29) is 5.75 Å². The van der Waals surface area contributed by atoms with Gasteiger partial charge in [0.15, 0.2) is 0 Å². The van der Waals surface area contributed by atoms with Crippen molar-refractivity contribution in [3.05, 3.63) is 29.8 Å². The van der Waals surface area contributed by atoms with Crippen molar-refractivity contribution in [2.24, 2.45) is 11.7 Å². The van der Waals surface area contributed by atoms with Gasteiger partial charge in [0, 0.05) is 5.56 Å². The predicted molar refractivity (Wildman–Crippen MR) is 67.9 cm³/mol.